The van der Waals surface area contributed by atoms with Crippen molar-refractivity contribution in [2.75, 3.05) is 13.2 Å². The van der Waals surface area contributed by atoms with Gasteiger partial charge in [-0.1, -0.05) is 24.3 Å². The van der Waals surface area contributed by atoms with Crippen LogP contribution in [-0.4, -0.2) is 25.2 Å². The molecule has 0 fully saturated rings. The van der Waals surface area contributed by atoms with Gasteiger partial charge in [-0.25, -0.2) is 14.0 Å². The Bertz CT molecular complexity index is 962. The van der Waals surface area contributed by atoms with E-state index in [0.717, 1.165) is 6.07 Å². The summed E-state index contributed by atoms with van der Waals surface area (Å²) in [5.41, 5.74) is 0.908. The van der Waals surface area contributed by atoms with Crippen LogP contribution in [0.3, 0.4) is 0 Å². The fourth-order valence-electron chi connectivity index (χ4n) is 2.50. The summed E-state index contributed by atoms with van der Waals surface area (Å²) in [7, 11) is 0. The first-order valence-electron chi connectivity index (χ1n) is 8.30. The molecule has 0 bridgehead atoms. The Balaban J connectivity index is 1.69. The van der Waals surface area contributed by atoms with E-state index in [0.29, 0.717) is 16.5 Å². The molecule has 27 heavy (non-hydrogen) atoms. The lowest BCUT2D eigenvalue weighted by molar-refractivity contribution is -0.147. The average molecular weight is 372 g/mol. The van der Waals surface area contributed by atoms with Crippen molar-refractivity contribution in [2.24, 2.45) is 0 Å². The van der Waals surface area contributed by atoms with Gasteiger partial charge in [0.15, 0.2) is 6.61 Å². The molecule has 0 aliphatic carbocycles. The zero-order valence-corrected chi connectivity index (χ0v) is 14.6. The second kappa shape index (κ2) is 8.35. The Labute approximate surface area is 154 Å². The van der Waals surface area contributed by atoms with Crippen molar-refractivity contribution in [3.05, 3.63) is 65.7 Å². The summed E-state index contributed by atoms with van der Waals surface area (Å²) in [5.74, 6) is -1.55. The molecule has 0 unspecified atom stereocenters. The number of esters is 2. The highest BCUT2D eigenvalue weighted by Crippen LogP contribution is 2.27. The lowest BCUT2D eigenvalue weighted by atomic mass is 10.1. The van der Waals surface area contributed by atoms with E-state index in [-0.39, 0.29) is 24.7 Å². The van der Waals surface area contributed by atoms with Gasteiger partial charge < -0.3 is 18.6 Å². The minimum Gasteiger partial charge on any atom is -0.482 e. The summed E-state index contributed by atoms with van der Waals surface area (Å²) >= 11 is 0. The van der Waals surface area contributed by atoms with Crippen LogP contribution in [0.1, 0.15) is 23.0 Å². The highest BCUT2D eigenvalue weighted by molar-refractivity contribution is 5.96. The number of benzene rings is 2. The van der Waals surface area contributed by atoms with Crippen LogP contribution in [-0.2, 0) is 20.9 Å². The molecule has 0 saturated carbocycles. The summed E-state index contributed by atoms with van der Waals surface area (Å²) in [6, 6.07) is 12.4. The molecule has 3 aromatic rings. The SMILES string of the molecule is CCOC(=O)c1oc2ccccc2c1COC(=O)COc1cccc(F)c1. The number of rotatable bonds is 7. The third kappa shape index (κ3) is 4.44. The number of hydrogen-bond donors (Lipinski definition) is 0. The number of fused-ring (bicyclic) bond motifs is 1. The molecule has 2 aromatic carbocycles. The smallest absolute Gasteiger partial charge is 0.374 e. The Morgan fingerprint density at radius 1 is 1.07 bits per heavy atom. The Kier molecular flexibility index (Phi) is 5.71. The molecule has 140 valence electrons. The van der Waals surface area contributed by atoms with E-state index in [4.69, 9.17) is 18.6 Å². The molecule has 0 aliphatic rings. The lowest BCUT2D eigenvalue weighted by Gasteiger charge is -2.07. The molecule has 0 radical (unpaired) electrons. The Hall–Kier alpha value is -3.35. The normalized spacial score (nSPS) is 10.6. The Morgan fingerprint density at radius 2 is 1.89 bits per heavy atom. The third-order valence-electron chi connectivity index (χ3n) is 3.69. The molecule has 1 heterocycles. The second-order valence-corrected chi connectivity index (χ2v) is 5.53. The van der Waals surface area contributed by atoms with Crippen molar-refractivity contribution in [3.8, 4) is 5.75 Å². The topological polar surface area (TPSA) is 75.0 Å². The van der Waals surface area contributed by atoms with Crippen molar-refractivity contribution in [3.63, 3.8) is 0 Å². The summed E-state index contributed by atoms with van der Waals surface area (Å²) in [5, 5.41) is 0.652. The van der Waals surface area contributed by atoms with Gasteiger partial charge in [0.2, 0.25) is 5.76 Å². The van der Waals surface area contributed by atoms with E-state index in [9.17, 15) is 14.0 Å². The van der Waals surface area contributed by atoms with Crippen LogP contribution in [0, 0.1) is 5.82 Å². The first-order chi connectivity index (χ1) is 13.1. The van der Waals surface area contributed by atoms with Crippen LogP contribution < -0.4 is 4.74 Å². The number of para-hydroxylation sites is 1. The van der Waals surface area contributed by atoms with Crippen molar-refractivity contribution in [2.45, 2.75) is 13.5 Å². The van der Waals surface area contributed by atoms with Crippen molar-refractivity contribution in [1.82, 2.24) is 0 Å². The molecule has 3 rings (SSSR count). The van der Waals surface area contributed by atoms with Crippen molar-refractivity contribution in [1.29, 1.82) is 0 Å². The zero-order valence-electron chi connectivity index (χ0n) is 14.6. The van der Waals surface area contributed by atoms with E-state index >= 15 is 0 Å². The van der Waals surface area contributed by atoms with Crippen molar-refractivity contribution < 1.29 is 32.6 Å². The van der Waals surface area contributed by atoms with Gasteiger partial charge in [0.25, 0.3) is 0 Å². The van der Waals surface area contributed by atoms with Crippen LogP contribution >= 0.6 is 0 Å². The Morgan fingerprint density at radius 3 is 2.67 bits per heavy atom. The fraction of sp³-hybridized carbons (Fsp3) is 0.200. The monoisotopic (exact) mass is 372 g/mol. The molecule has 7 heteroatoms. The maximum Gasteiger partial charge on any atom is 0.374 e. The molecular formula is C20H17FO6. The number of carbonyl (C=O) groups excluding carboxylic acids is 2. The molecule has 0 atom stereocenters. The van der Waals surface area contributed by atoms with E-state index in [1.807, 2.05) is 0 Å². The second-order valence-electron chi connectivity index (χ2n) is 5.53. The molecular weight excluding hydrogens is 355 g/mol. The molecule has 0 saturated heterocycles. The zero-order chi connectivity index (χ0) is 19.2. The van der Waals surface area contributed by atoms with Gasteiger partial charge in [-0.2, -0.15) is 0 Å². The molecule has 1 aromatic heterocycles. The minimum absolute atomic E-state index is 0.00287. The van der Waals surface area contributed by atoms with E-state index in [1.54, 1.807) is 31.2 Å². The first kappa shape index (κ1) is 18.4. The summed E-state index contributed by atoms with van der Waals surface area (Å²) in [6.07, 6.45) is 0. The van der Waals surface area contributed by atoms with Crippen LogP contribution in [0.4, 0.5) is 4.39 Å². The van der Waals surface area contributed by atoms with E-state index in [1.165, 1.54) is 18.2 Å². The number of halogens is 1. The van der Waals surface area contributed by atoms with E-state index < -0.39 is 24.4 Å². The van der Waals surface area contributed by atoms with Crippen LogP contribution in [0.5, 0.6) is 5.75 Å². The first-order valence-corrected chi connectivity index (χ1v) is 8.30. The van der Waals surface area contributed by atoms with Gasteiger partial charge >= 0.3 is 11.9 Å². The number of carbonyl (C=O) groups is 2. The maximum atomic E-state index is 13.1. The van der Waals surface area contributed by atoms with Crippen LogP contribution in [0.15, 0.2) is 52.9 Å². The summed E-state index contributed by atoms with van der Waals surface area (Å²) < 4.78 is 34.0. The molecule has 0 amide bonds. The predicted molar refractivity (Wildman–Crippen MR) is 93.9 cm³/mol. The number of hydrogen-bond acceptors (Lipinski definition) is 6. The van der Waals surface area contributed by atoms with Gasteiger partial charge in [-0.3, -0.25) is 0 Å². The van der Waals surface area contributed by atoms with Gasteiger partial charge in [0, 0.05) is 11.5 Å². The lowest BCUT2D eigenvalue weighted by Crippen LogP contribution is -2.16. The summed E-state index contributed by atoms with van der Waals surface area (Å²) in [6.45, 7) is 1.30. The number of ether oxygens (including phenoxy) is 3. The van der Waals surface area contributed by atoms with Crippen LogP contribution in [0.25, 0.3) is 11.0 Å². The fourth-order valence-corrected chi connectivity index (χ4v) is 2.50. The predicted octanol–water partition coefficient (Wildman–Crippen LogP) is 3.87. The third-order valence-corrected chi connectivity index (χ3v) is 3.69. The standard InChI is InChI=1S/C20H17FO6/c1-2-24-20(23)19-16(15-8-3-4-9-17(15)27-19)11-26-18(22)12-25-14-7-5-6-13(21)10-14/h3-10H,2,11-12H2,1H3. The molecule has 0 N–H and O–H groups in total. The van der Waals surface area contributed by atoms with Gasteiger partial charge in [-0.05, 0) is 25.1 Å². The minimum atomic E-state index is -0.667. The van der Waals surface area contributed by atoms with E-state index in [2.05, 4.69) is 0 Å². The maximum absolute atomic E-state index is 13.1. The molecule has 6 nitrogen and oxygen atoms in total. The van der Waals surface area contributed by atoms with Gasteiger partial charge in [0.1, 0.15) is 23.8 Å². The number of furan rings is 1. The van der Waals surface area contributed by atoms with Gasteiger partial charge in [0.05, 0.1) is 12.2 Å². The van der Waals surface area contributed by atoms with Gasteiger partial charge in [-0.15, -0.1) is 0 Å². The quantitative estimate of drug-likeness (QED) is 0.586. The van der Waals surface area contributed by atoms with Crippen LogP contribution in [0.2, 0.25) is 0 Å². The molecule has 0 aliphatic heterocycles. The largest absolute Gasteiger partial charge is 0.482 e. The molecule has 0 spiro atoms. The highest BCUT2D eigenvalue weighted by Gasteiger charge is 2.22. The average Bonchev–Trinajstić information content (AvgIpc) is 3.04. The summed E-state index contributed by atoms with van der Waals surface area (Å²) in [4.78, 5) is 24.1. The van der Waals surface area contributed by atoms with Crippen molar-refractivity contribution >= 4 is 22.9 Å². The highest BCUT2D eigenvalue weighted by atomic mass is 19.1.